The number of fused-ring (bicyclic) bond motifs is 1. The second kappa shape index (κ2) is 4.92. The van der Waals surface area contributed by atoms with Crippen LogP contribution in [-0.2, 0) is 12.8 Å². The van der Waals surface area contributed by atoms with E-state index in [4.69, 9.17) is 0 Å². The molecular formula is C15H15N3O2. The van der Waals surface area contributed by atoms with Crippen molar-refractivity contribution >= 4 is 11.5 Å². The highest BCUT2D eigenvalue weighted by molar-refractivity contribution is 5.57. The van der Waals surface area contributed by atoms with E-state index < -0.39 is 0 Å². The van der Waals surface area contributed by atoms with Gasteiger partial charge in [-0.3, -0.25) is 10.1 Å². The molecule has 3 rings (SSSR count). The lowest BCUT2D eigenvalue weighted by Crippen LogP contribution is -2.21. The highest BCUT2D eigenvalue weighted by Gasteiger charge is 2.24. The molecule has 1 heterocycles. The maximum atomic E-state index is 11.1. The maximum Gasteiger partial charge on any atom is 0.311 e. The van der Waals surface area contributed by atoms with E-state index >= 15 is 0 Å². The van der Waals surface area contributed by atoms with Gasteiger partial charge in [0, 0.05) is 18.3 Å². The Morgan fingerprint density at radius 1 is 1.30 bits per heavy atom. The topological polar surface area (TPSA) is 68.1 Å². The number of nitrogens with one attached hydrogen (secondary N) is 1. The lowest BCUT2D eigenvalue weighted by atomic mass is 10.1. The van der Waals surface area contributed by atoms with Crippen LogP contribution in [0.5, 0.6) is 0 Å². The summed E-state index contributed by atoms with van der Waals surface area (Å²) in [5.41, 5.74) is 3.44. The SMILES string of the molecule is Cc1cnc(NC2Cc3ccccc3C2)c([N+](=O)[O-])c1. The normalized spacial score (nSPS) is 14.1. The van der Waals surface area contributed by atoms with Crippen LogP contribution in [-0.4, -0.2) is 15.9 Å². The Hall–Kier alpha value is -2.43. The number of benzene rings is 1. The number of hydrogen-bond acceptors (Lipinski definition) is 4. The van der Waals surface area contributed by atoms with Gasteiger partial charge in [0.1, 0.15) is 0 Å². The number of pyridine rings is 1. The monoisotopic (exact) mass is 269 g/mol. The molecule has 2 aromatic rings. The van der Waals surface area contributed by atoms with Crippen LogP contribution >= 0.6 is 0 Å². The van der Waals surface area contributed by atoms with Gasteiger partial charge in [0.05, 0.1) is 4.92 Å². The zero-order chi connectivity index (χ0) is 14.1. The summed E-state index contributed by atoms with van der Waals surface area (Å²) in [5.74, 6) is 0.360. The summed E-state index contributed by atoms with van der Waals surface area (Å²) >= 11 is 0. The van der Waals surface area contributed by atoms with Gasteiger partial charge >= 0.3 is 5.69 Å². The lowest BCUT2D eigenvalue weighted by molar-refractivity contribution is -0.384. The van der Waals surface area contributed by atoms with Crippen LogP contribution in [0.3, 0.4) is 0 Å². The van der Waals surface area contributed by atoms with Crippen molar-refractivity contribution in [2.24, 2.45) is 0 Å². The number of aromatic nitrogens is 1. The Balaban J connectivity index is 1.82. The van der Waals surface area contributed by atoms with Gasteiger partial charge in [-0.2, -0.15) is 0 Å². The molecule has 0 fully saturated rings. The van der Waals surface area contributed by atoms with Crippen LogP contribution in [0.1, 0.15) is 16.7 Å². The standard InChI is InChI=1S/C15H15N3O2/c1-10-6-14(18(19)20)15(16-9-10)17-13-7-11-4-2-3-5-12(11)8-13/h2-6,9,13H,7-8H2,1H3,(H,16,17). The van der Waals surface area contributed by atoms with Gasteiger partial charge < -0.3 is 5.32 Å². The highest BCUT2D eigenvalue weighted by Crippen LogP contribution is 2.28. The molecule has 1 aliphatic rings. The quantitative estimate of drug-likeness (QED) is 0.687. The van der Waals surface area contributed by atoms with Crippen molar-refractivity contribution in [1.82, 2.24) is 4.98 Å². The molecule has 0 bridgehead atoms. The molecule has 0 atom stereocenters. The van der Waals surface area contributed by atoms with E-state index in [1.807, 2.05) is 12.1 Å². The molecule has 0 spiro atoms. The summed E-state index contributed by atoms with van der Waals surface area (Å²) in [6, 6.07) is 9.97. The molecule has 1 aromatic heterocycles. The molecule has 0 unspecified atom stereocenters. The van der Waals surface area contributed by atoms with Crippen LogP contribution in [0.15, 0.2) is 36.5 Å². The van der Waals surface area contributed by atoms with E-state index in [0.29, 0.717) is 5.82 Å². The third-order valence-corrected chi connectivity index (χ3v) is 3.59. The van der Waals surface area contributed by atoms with E-state index in [9.17, 15) is 10.1 Å². The molecule has 0 aliphatic heterocycles. The van der Waals surface area contributed by atoms with Gasteiger partial charge in [0.2, 0.25) is 5.82 Å². The number of aryl methyl sites for hydroxylation is 1. The summed E-state index contributed by atoms with van der Waals surface area (Å²) in [7, 11) is 0. The number of anilines is 1. The Morgan fingerprint density at radius 3 is 2.55 bits per heavy atom. The average molecular weight is 269 g/mol. The summed E-state index contributed by atoms with van der Waals surface area (Å²) in [6.07, 6.45) is 3.41. The van der Waals surface area contributed by atoms with E-state index in [-0.39, 0.29) is 16.7 Å². The minimum absolute atomic E-state index is 0.0426. The third-order valence-electron chi connectivity index (χ3n) is 3.59. The molecule has 20 heavy (non-hydrogen) atoms. The number of hydrogen-bond donors (Lipinski definition) is 1. The molecule has 5 nitrogen and oxygen atoms in total. The van der Waals surface area contributed by atoms with Gasteiger partial charge in [-0.1, -0.05) is 24.3 Å². The Bertz CT molecular complexity index is 645. The maximum absolute atomic E-state index is 11.1. The molecule has 0 radical (unpaired) electrons. The van der Waals surface area contributed by atoms with Gasteiger partial charge in [-0.25, -0.2) is 4.98 Å². The van der Waals surface area contributed by atoms with Crippen LogP contribution in [0, 0.1) is 17.0 Å². The Morgan fingerprint density at radius 2 is 1.95 bits per heavy atom. The summed E-state index contributed by atoms with van der Waals surface area (Å²) in [6.45, 7) is 1.80. The third kappa shape index (κ3) is 2.34. The zero-order valence-corrected chi connectivity index (χ0v) is 11.2. The minimum atomic E-state index is -0.384. The molecule has 102 valence electrons. The van der Waals surface area contributed by atoms with Crippen LogP contribution in [0.4, 0.5) is 11.5 Å². The van der Waals surface area contributed by atoms with Gasteiger partial charge in [0.15, 0.2) is 0 Å². The largest absolute Gasteiger partial charge is 0.361 e. The Labute approximate surface area is 116 Å². The average Bonchev–Trinajstić information content (AvgIpc) is 2.82. The molecule has 1 aromatic carbocycles. The smallest absolute Gasteiger partial charge is 0.311 e. The van der Waals surface area contributed by atoms with Crippen molar-refractivity contribution in [2.75, 3.05) is 5.32 Å². The van der Waals surface area contributed by atoms with E-state index in [2.05, 4.69) is 22.4 Å². The molecule has 1 aliphatic carbocycles. The van der Waals surface area contributed by atoms with E-state index in [1.165, 1.54) is 11.1 Å². The number of rotatable bonds is 3. The highest BCUT2D eigenvalue weighted by atomic mass is 16.6. The fraction of sp³-hybridized carbons (Fsp3) is 0.267. The van der Waals surface area contributed by atoms with Crippen molar-refractivity contribution < 1.29 is 4.92 Å². The van der Waals surface area contributed by atoms with Crippen LogP contribution in [0.2, 0.25) is 0 Å². The van der Waals surface area contributed by atoms with Crippen LogP contribution in [0.25, 0.3) is 0 Å². The molecular weight excluding hydrogens is 254 g/mol. The van der Waals surface area contributed by atoms with Crippen LogP contribution < -0.4 is 5.32 Å². The van der Waals surface area contributed by atoms with E-state index in [0.717, 1.165) is 18.4 Å². The fourth-order valence-corrected chi connectivity index (χ4v) is 2.66. The molecule has 1 N–H and O–H groups in total. The second-order valence-corrected chi connectivity index (χ2v) is 5.16. The zero-order valence-electron chi connectivity index (χ0n) is 11.2. The molecule has 5 heteroatoms. The van der Waals surface area contributed by atoms with E-state index in [1.54, 1.807) is 19.2 Å². The second-order valence-electron chi connectivity index (χ2n) is 5.16. The first kappa shape index (κ1) is 12.6. The molecule has 0 saturated carbocycles. The van der Waals surface area contributed by atoms with Crippen molar-refractivity contribution in [3.63, 3.8) is 0 Å². The fourth-order valence-electron chi connectivity index (χ4n) is 2.66. The van der Waals surface area contributed by atoms with Gasteiger partial charge in [0.25, 0.3) is 0 Å². The lowest BCUT2D eigenvalue weighted by Gasteiger charge is -2.12. The first-order valence-corrected chi connectivity index (χ1v) is 6.58. The van der Waals surface area contributed by atoms with Crippen molar-refractivity contribution in [3.8, 4) is 0 Å². The number of nitrogens with zero attached hydrogens (tertiary/aromatic N) is 2. The minimum Gasteiger partial charge on any atom is -0.361 e. The summed E-state index contributed by atoms with van der Waals surface area (Å²) < 4.78 is 0. The van der Waals surface area contributed by atoms with Gasteiger partial charge in [-0.05, 0) is 36.5 Å². The molecule has 0 saturated heterocycles. The first-order valence-electron chi connectivity index (χ1n) is 6.58. The predicted octanol–water partition coefficient (Wildman–Crippen LogP) is 2.88. The van der Waals surface area contributed by atoms with Crippen molar-refractivity contribution in [1.29, 1.82) is 0 Å². The predicted molar refractivity (Wildman–Crippen MR) is 76.9 cm³/mol. The Kier molecular flexibility index (Phi) is 3.10. The molecule has 0 amide bonds. The summed E-state index contributed by atoms with van der Waals surface area (Å²) in [5, 5.41) is 14.3. The van der Waals surface area contributed by atoms with Gasteiger partial charge in [-0.15, -0.1) is 0 Å². The summed E-state index contributed by atoms with van der Waals surface area (Å²) in [4.78, 5) is 14.9. The number of nitro groups is 1. The first-order chi connectivity index (χ1) is 9.63. The van der Waals surface area contributed by atoms with Crippen molar-refractivity contribution in [3.05, 3.63) is 63.3 Å². The van der Waals surface area contributed by atoms with Crippen molar-refractivity contribution in [2.45, 2.75) is 25.8 Å².